The second kappa shape index (κ2) is 5.54. The number of nitrogens with two attached hydrogens (primary N) is 1. The predicted octanol–water partition coefficient (Wildman–Crippen LogP) is 3.80. The molecule has 4 nitrogen and oxygen atoms in total. The first kappa shape index (κ1) is 14.7. The number of hydrogen-bond donors (Lipinski definition) is 1. The molecule has 2 aromatic carbocycles. The average molecular weight is 317 g/mol. The van der Waals surface area contributed by atoms with E-state index < -0.39 is 6.10 Å². The van der Waals surface area contributed by atoms with Gasteiger partial charge in [-0.25, -0.2) is 0 Å². The van der Waals surface area contributed by atoms with Crippen LogP contribution >= 0.6 is 11.6 Å². The molecule has 0 radical (unpaired) electrons. The number of benzene rings is 2. The van der Waals surface area contributed by atoms with Gasteiger partial charge in [-0.2, -0.15) is 0 Å². The highest BCUT2D eigenvalue weighted by Crippen LogP contribution is 2.40. The van der Waals surface area contributed by atoms with E-state index in [2.05, 4.69) is 0 Å². The first-order valence-corrected chi connectivity index (χ1v) is 7.50. The Hall–Kier alpha value is -2.20. The van der Waals surface area contributed by atoms with E-state index in [9.17, 15) is 4.79 Å². The molecule has 1 amide bonds. The van der Waals surface area contributed by atoms with Gasteiger partial charge in [0.05, 0.1) is 11.7 Å². The van der Waals surface area contributed by atoms with Gasteiger partial charge in [-0.3, -0.25) is 9.69 Å². The van der Waals surface area contributed by atoms with Crippen LogP contribution in [-0.4, -0.2) is 12.0 Å². The van der Waals surface area contributed by atoms with Crippen molar-refractivity contribution in [3.63, 3.8) is 0 Å². The summed E-state index contributed by atoms with van der Waals surface area (Å²) in [5.74, 6) is 0.547. The fourth-order valence-corrected chi connectivity index (χ4v) is 2.89. The Morgan fingerprint density at radius 2 is 2.05 bits per heavy atom. The number of fused-ring (bicyclic) bond motifs is 1. The van der Waals surface area contributed by atoms with Crippen LogP contribution in [0.1, 0.15) is 25.5 Å². The Labute approximate surface area is 134 Å². The lowest BCUT2D eigenvalue weighted by molar-refractivity contribution is -0.126. The molecule has 2 N–H and O–H groups in total. The third-order valence-corrected chi connectivity index (χ3v) is 4.09. The first-order chi connectivity index (χ1) is 10.5. The lowest BCUT2D eigenvalue weighted by Gasteiger charge is -2.37. The number of rotatable bonds is 2. The number of nitrogen functional groups attached to an aromatic ring is 1. The van der Waals surface area contributed by atoms with E-state index >= 15 is 0 Å². The normalized spacial score (nSPS) is 18.6. The molecular formula is C17H17ClN2O2. The highest BCUT2D eigenvalue weighted by atomic mass is 35.5. The zero-order valence-electron chi connectivity index (χ0n) is 12.4. The number of carbonyl (C=O) groups is 1. The Kier molecular flexibility index (Phi) is 3.71. The molecule has 114 valence electrons. The molecular weight excluding hydrogens is 300 g/mol. The van der Waals surface area contributed by atoms with Crippen molar-refractivity contribution in [3.05, 3.63) is 53.1 Å². The summed E-state index contributed by atoms with van der Waals surface area (Å²) in [7, 11) is 0. The Morgan fingerprint density at radius 1 is 1.27 bits per heavy atom. The smallest absolute Gasteiger partial charge is 0.268 e. The van der Waals surface area contributed by atoms with Gasteiger partial charge < -0.3 is 10.5 Å². The van der Waals surface area contributed by atoms with Gasteiger partial charge in [-0.05, 0) is 43.7 Å². The van der Waals surface area contributed by atoms with Crippen molar-refractivity contribution in [3.8, 4) is 5.75 Å². The summed E-state index contributed by atoms with van der Waals surface area (Å²) < 4.78 is 5.67. The molecule has 0 saturated heterocycles. The number of halogens is 1. The largest absolute Gasteiger partial charge is 0.479 e. The summed E-state index contributed by atoms with van der Waals surface area (Å²) in [6.07, 6.45) is -0.545. The minimum atomic E-state index is -0.545. The van der Waals surface area contributed by atoms with Crippen molar-refractivity contribution in [2.75, 3.05) is 10.6 Å². The lowest BCUT2D eigenvalue weighted by Crippen LogP contribution is -2.45. The molecule has 0 fully saturated rings. The molecule has 2 aromatic rings. The zero-order valence-corrected chi connectivity index (χ0v) is 13.2. The summed E-state index contributed by atoms with van der Waals surface area (Å²) in [4.78, 5) is 14.4. The van der Waals surface area contributed by atoms with Crippen molar-refractivity contribution < 1.29 is 9.53 Å². The van der Waals surface area contributed by atoms with E-state index in [1.54, 1.807) is 24.0 Å². The third kappa shape index (κ3) is 2.50. The molecule has 1 aliphatic rings. The van der Waals surface area contributed by atoms with Gasteiger partial charge in [0, 0.05) is 16.8 Å². The molecule has 0 saturated carbocycles. The first-order valence-electron chi connectivity index (χ1n) is 7.12. The van der Waals surface area contributed by atoms with E-state index in [-0.39, 0.29) is 11.9 Å². The molecule has 3 rings (SSSR count). The van der Waals surface area contributed by atoms with Crippen molar-refractivity contribution in [2.24, 2.45) is 0 Å². The van der Waals surface area contributed by atoms with Crippen LogP contribution in [0, 0.1) is 0 Å². The summed E-state index contributed by atoms with van der Waals surface area (Å²) >= 11 is 6.07. The monoisotopic (exact) mass is 316 g/mol. The van der Waals surface area contributed by atoms with Crippen LogP contribution in [0.25, 0.3) is 0 Å². The summed E-state index contributed by atoms with van der Waals surface area (Å²) in [5, 5.41) is 0.649. The van der Waals surface area contributed by atoms with Crippen LogP contribution in [-0.2, 0) is 4.79 Å². The van der Waals surface area contributed by atoms with Crippen LogP contribution in [0.4, 0.5) is 11.4 Å². The predicted molar refractivity (Wildman–Crippen MR) is 88.3 cm³/mol. The average Bonchev–Trinajstić information content (AvgIpc) is 2.48. The molecule has 2 atom stereocenters. The SMILES string of the molecule is C[C@H]1Oc2cc(N)ccc2N([C@@H](C)c2cccc(Cl)c2)C1=O. The Morgan fingerprint density at radius 3 is 2.77 bits per heavy atom. The molecule has 0 spiro atoms. The molecule has 22 heavy (non-hydrogen) atoms. The van der Waals surface area contributed by atoms with E-state index in [0.717, 1.165) is 11.3 Å². The number of amides is 1. The molecule has 1 aliphatic heterocycles. The molecule has 0 unspecified atom stereocenters. The summed E-state index contributed by atoms with van der Waals surface area (Å²) in [6.45, 7) is 3.72. The number of nitrogens with zero attached hydrogens (tertiary/aromatic N) is 1. The van der Waals surface area contributed by atoms with Crippen LogP contribution in [0.2, 0.25) is 5.02 Å². The highest BCUT2D eigenvalue weighted by Gasteiger charge is 2.35. The van der Waals surface area contributed by atoms with Gasteiger partial charge >= 0.3 is 0 Å². The quantitative estimate of drug-likeness (QED) is 0.857. The summed E-state index contributed by atoms with van der Waals surface area (Å²) in [6, 6.07) is 12.7. The van der Waals surface area contributed by atoms with Gasteiger partial charge in [0.15, 0.2) is 6.10 Å². The molecule has 5 heteroatoms. The second-order valence-electron chi connectivity index (χ2n) is 5.43. The van der Waals surface area contributed by atoms with Gasteiger partial charge in [0.25, 0.3) is 5.91 Å². The minimum Gasteiger partial charge on any atom is -0.479 e. The van der Waals surface area contributed by atoms with Gasteiger partial charge in [0.1, 0.15) is 5.75 Å². The van der Waals surface area contributed by atoms with E-state index in [0.29, 0.717) is 16.5 Å². The van der Waals surface area contributed by atoms with Crippen LogP contribution in [0.15, 0.2) is 42.5 Å². The minimum absolute atomic E-state index is 0.0789. The van der Waals surface area contributed by atoms with Gasteiger partial charge in [-0.1, -0.05) is 23.7 Å². The molecule has 0 aromatic heterocycles. The molecule has 0 bridgehead atoms. The van der Waals surface area contributed by atoms with Gasteiger partial charge in [-0.15, -0.1) is 0 Å². The molecule has 1 heterocycles. The van der Waals surface area contributed by atoms with Crippen LogP contribution in [0.5, 0.6) is 5.75 Å². The third-order valence-electron chi connectivity index (χ3n) is 3.85. The number of carbonyl (C=O) groups excluding carboxylic acids is 1. The maximum absolute atomic E-state index is 12.6. The Bertz CT molecular complexity index is 732. The van der Waals surface area contributed by atoms with Crippen molar-refractivity contribution in [1.29, 1.82) is 0 Å². The number of hydrogen-bond acceptors (Lipinski definition) is 3. The number of ether oxygens (including phenoxy) is 1. The fraction of sp³-hybridized carbons (Fsp3) is 0.235. The standard InChI is InChI=1S/C17H17ClN2O2/c1-10(12-4-3-5-13(18)8-12)20-15-7-6-14(19)9-16(15)22-11(2)17(20)21/h3-11H,19H2,1-2H3/t10-,11+/m0/s1. The highest BCUT2D eigenvalue weighted by molar-refractivity contribution is 6.30. The zero-order chi connectivity index (χ0) is 15.9. The van der Waals surface area contributed by atoms with E-state index in [1.165, 1.54) is 0 Å². The van der Waals surface area contributed by atoms with Crippen LogP contribution in [0.3, 0.4) is 0 Å². The topological polar surface area (TPSA) is 55.6 Å². The Balaban J connectivity index is 2.07. The number of anilines is 2. The van der Waals surface area contributed by atoms with Crippen molar-refractivity contribution in [1.82, 2.24) is 0 Å². The maximum Gasteiger partial charge on any atom is 0.268 e. The van der Waals surface area contributed by atoms with E-state index in [4.69, 9.17) is 22.1 Å². The van der Waals surface area contributed by atoms with Crippen molar-refractivity contribution >= 4 is 28.9 Å². The van der Waals surface area contributed by atoms with E-state index in [1.807, 2.05) is 37.3 Å². The fourth-order valence-electron chi connectivity index (χ4n) is 2.69. The van der Waals surface area contributed by atoms with Gasteiger partial charge in [0.2, 0.25) is 0 Å². The lowest BCUT2D eigenvalue weighted by atomic mass is 10.0. The van der Waals surface area contributed by atoms with Crippen LogP contribution < -0.4 is 15.4 Å². The summed E-state index contributed by atoms with van der Waals surface area (Å²) in [5.41, 5.74) is 8.12. The maximum atomic E-state index is 12.6. The van der Waals surface area contributed by atoms with Crippen molar-refractivity contribution in [2.45, 2.75) is 26.0 Å². The molecule has 0 aliphatic carbocycles. The second-order valence-corrected chi connectivity index (χ2v) is 5.86.